The van der Waals surface area contributed by atoms with Gasteiger partial charge in [-0.25, -0.2) is 9.59 Å². The van der Waals surface area contributed by atoms with Gasteiger partial charge in [-0.05, 0) is 73.6 Å². The fourth-order valence-electron chi connectivity index (χ4n) is 5.11. The van der Waals surface area contributed by atoms with Crippen molar-refractivity contribution in [3.63, 3.8) is 0 Å². The highest BCUT2D eigenvalue weighted by atomic mass is 16.6. The molecule has 8 atom stereocenters. The van der Waals surface area contributed by atoms with Crippen LogP contribution in [0.5, 0.6) is 0 Å². The molecule has 6 heteroatoms. The van der Waals surface area contributed by atoms with E-state index in [-0.39, 0.29) is 11.9 Å². The van der Waals surface area contributed by atoms with Gasteiger partial charge < -0.3 is 18.9 Å². The van der Waals surface area contributed by atoms with Crippen LogP contribution < -0.4 is 0 Å². The molecule has 8 unspecified atom stereocenters. The lowest BCUT2D eigenvalue weighted by atomic mass is 9.81. The smallest absolute Gasteiger partial charge is 0.338 e. The highest BCUT2D eigenvalue weighted by Crippen LogP contribution is 2.43. The molecule has 2 aliphatic heterocycles. The number of esters is 2. The van der Waals surface area contributed by atoms with E-state index < -0.39 is 0 Å². The largest absolute Gasteiger partial charge is 0.462 e. The van der Waals surface area contributed by atoms with Crippen molar-refractivity contribution in [3.05, 3.63) is 35.4 Å². The quantitative estimate of drug-likeness (QED) is 0.523. The number of benzene rings is 1. The summed E-state index contributed by atoms with van der Waals surface area (Å²) in [5.41, 5.74) is 0.904. The Morgan fingerprint density at radius 2 is 1.10 bits per heavy atom. The van der Waals surface area contributed by atoms with E-state index in [4.69, 9.17) is 18.9 Å². The summed E-state index contributed by atoms with van der Waals surface area (Å²) in [7, 11) is 0. The number of carbonyl (C=O) groups is 2. The first-order chi connectivity index (χ1) is 14.5. The molecule has 4 fully saturated rings. The molecule has 6 nitrogen and oxygen atoms in total. The van der Waals surface area contributed by atoms with Gasteiger partial charge in [-0.15, -0.1) is 0 Å². The lowest BCUT2D eigenvalue weighted by Gasteiger charge is -2.25. The maximum Gasteiger partial charge on any atom is 0.338 e. The van der Waals surface area contributed by atoms with Crippen molar-refractivity contribution in [1.82, 2.24) is 0 Å². The van der Waals surface area contributed by atoms with Crippen LogP contribution in [0.3, 0.4) is 0 Å². The van der Waals surface area contributed by atoms with Gasteiger partial charge in [0.05, 0.1) is 48.8 Å². The molecule has 1 aromatic rings. The summed E-state index contributed by atoms with van der Waals surface area (Å²) < 4.78 is 22.2. The molecule has 0 N–H and O–H groups in total. The zero-order valence-electron chi connectivity index (χ0n) is 17.6. The summed E-state index contributed by atoms with van der Waals surface area (Å²) in [6, 6.07) is 6.54. The Hall–Kier alpha value is -1.92. The van der Waals surface area contributed by atoms with Gasteiger partial charge in [0.1, 0.15) is 0 Å². The average Bonchev–Trinajstić information content (AvgIpc) is 3.65. The van der Waals surface area contributed by atoms with Gasteiger partial charge in [0.2, 0.25) is 0 Å². The molecule has 0 bridgehead atoms. The van der Waals surface area contributed by atoms with Crippen LogP contribution in [0.15, 0.2) is 24.3 Å². The van der Waals surface area contributed by atoms with Crippen LogP contribution >= 0.6 is 0 Å². The van der Waals surface area contributed by atoms with Gasteiger partial charge in [-0.3, -0.25) is 0 Å². The molecule has 0 radical (unpaired) electrons. The SMILES string of the molecule is CC1CC2OC2CC1COC(=O)c1ccc(C(=O)OCC2CC3OC3CC2C)cc1. The second-order valence-electron chi connectivity index (χ2n) is 9.62. The molecule has 2 saturated carbocycles. The van der Waals surface area contributed by atoms with Crippen molar-refractivity contribution in [2.75, 3.05) is 13.2 Å². The molecule has 2 heterocycles. The lowest BCUT2D eigenvalue weighted by Crippen LogP contribution is -2.27. The molecule has 4 aliphatic rings. The average molecular weight is 414 g/mol. The minimum atomic E-state index is -0.351. The van der Waals surface area contributed by atoms with Crippen molar-refractivity contribution in [2.24, 2.45) is 23.7 Å². The van der Waals surface area contributed by atoms with E-state index in [0.717, 1.165) is 25.7 Å². The van der Waals surface area contributed by atoms with Gasteiger partial charge in [-0.2, -0.15) is 0 Å². The van der Waals surface area contributed by atoms with Crippen LogP contribution in [-0.2, 0) is 18.9 Å². The number of rotatable bonds is 6. The molecule has 2 aliphatic carbocycles. The molecule has 0 spiro atoms. The molecule has 2 saturated heterocycles. The predicted molar refractivity (Wildman–Crippen MR) is 108 cm³/mol. The topological polar surface area (TPSA) is 77.7 Å². The van der Waals surface area contributed by atoms with Gasteiger partial charge in [0, 0.05) is 0 Å². The van der Waals surface area contributed by atoms with Crippen molar-refractivity contribution in [1.29, 1.82) is 0 Å². The zero-order chi connectivity index (χ0) is 20.8. The summed E-state index contributed by atoms with van der Waals surface area (Å²) >= 11 is 0. The van der Waals surface area contributed by atoms with Crippen LogP contribution in [0.4, 0.5) is 0 Å². The Morgan fingerprint density at radius 1 is 0.733 bits per heavy atom. The molecule has 0 aromatic heterocycles. The van der Waals surface area contributed by atoms with Crippen LogP contribution in [0.25, 0.3) is 0 Å². The molecular weight excluding hydrogens is 384 g/mol. The number of carbonyl (C=O) groups excluding carboxylic acids is 2. The second-order valence-corrected chi connectivity index (χ2v) is 9.62. The van der Waals surface area contributed by atoms with E-state index in [2.05, 4.69) is 13.8 Å². The normalized spacial score (nSPS) is 38.7. The van der Waals surface area contributed by atoms with Gasteiger partial charge >= 0.3 is 11.9 Å². The van der Waals surface area contributed by atoms with Crippen LogP contribution in [-0.4, -0.2) is 49.6 Å². The van der Waals surface area contributed by atoms with Crippen molar-refractivity contribution in [2.45, 2.75) is 63.9 Å². The maximum atomic E-state index is 12.4. The summed E-state index contributed by atoms with van der Waals surface area (Å²) in [5, 5.41) is 0. The van der Waals surface area contributed by atoms with Crippen molar-refractivity contribution in [3.8, 4) is 0 Å². The van der Waals surface area contributed by atoms with Crippen molar-refractivity contribution < 1.29 is 28.5 Å². The molecule has 5 rings (SSSR count). The van der Waals surface area contributed by atoms with Crippen LogP contribution in [0.2, 0.25) is 0 Å². The number of fused-ring (bicyclic) bond motifs is 2. The zero-order valence-corrected chi connectivity index (χ0v) is 17.6. The summed E-state index contributed by atoms with van der Waals surface area (Å²) in [4.78, 5) is 24.8. The number of ether oxygens (including phenoxy) is 4. The molecule has 0 amide bonds. The van der Waals surface area contributed by atoms with E-state index >= 15 is 0 Å². The highest BCUT2D eigenvalue weighted by molar-refractivity contribution is 5.93. The molecule has 1 aromatic carbocycles. The van der Waals surface area contributed by atoms with E-state index in [1.54, 1.807) is 24.3 Å². The Balaban J connectivity index is 1.09. The standard InChI is InChI=1S/C24H30O6/c1-13-7-19-21(29-19)9-17(13)11-27-23(25)15-3-5-16(6-4-15)24(26)28-12-18-10-22-20(30-22)8-14(18)2/h3-6,13-14,17-22H,7-12H2,1-2H3. The third-order valence-electron chi connectivity index (χ3n) is 7.48. The Kier molecular flexibility index (Phi) is 5.31. The highest BCUT2D eigenvalue weighted by Gasteiger charge is 2.48. The van der Waals surface area contributed by atoms with E-state index in [1.807, 2.05) is 0 Å². The first-order valence-electron chi connectivity index (χ1n) is 11.2. The number of epoxide rings is 2. The van der Waals surface area contributed by atoms with Gasteiger partial charge in [0.15, 0.2) is 0 Å². The first-order valence-corrected chi connectivity index (χ1v) is 11.2. The summed E-state index contributed by atoms with van der Waals surface area (Å²) in [5.74, 6) is 1.01. The maximum absolute atomic E-state index is 12.4. The van der Waals surface area contributed by atoms with Gasteiger partial charge in [0.25, 0.3) is 0 Å². The van der Waals surface area contributed by atoms with E-state index in [1.165, 1.54) is 0 Å². The molecule has 30 heavy (non-hydrogen) atoms. The molecule has 162 valence electrons. The Bertz CT molecular complexity index is 737. The molecular formula is C24H30O6. The van der Waals surface area contributed by atoms with Crippen LogP contribution in [0.1, 0.15) is 60.2 Å². The third-order valence-corrected chi connectivity index (χ3v) is 7.48. The summed E-state index contributed by atoms with van der Waals surface area (Å²) in [6.45, 7) is 5.23. The third kappa shape index (κ3) is 4.26. The minimum Gasteiger partial charge on any atom is -0.462 e. The van der Waals surface area contributed by atoms with E-state index in [9.17, 15) is 9.59 Å². The Morgan fingerprint density at radius 3 is 1.50 bits per heavy atom. The fraction of sp³-hybridized carbons (Fsp3) is 0.667. The Labute approximate surface area is 177 Å². The summed E-state index contributed by atoms with van der Waals surface area (Å²) in [6.07, 6.45) is 5.64. The lowest BCUT2D eigenvalue weighted by molar-refractivity contribution is 0.0355. The minimum absolute atomic E-state index is 0.351. The van der Waals surface area contributed by atoms with Crippen molar-refractivity contribution >= 4 is 11.9 Å². The van der Waals surface area contributed by atoms with E-state index in [0.29, 0.717) is 72.4 Å². The monoisotopic (exact) mass is 414 g/mol. The fourth-order valence-corrected chi connectivity index (χ4v) is 5.11. The van der Waals surface area contributed by atoms with Gasteiger partial charge in [-0.1, -0.05) is 13.8 Å². The first kappa shape index (κ1) is 20.0. The second kappa shape index (κ2) is 7.97. The number of hydrogen-bond acceptors (Lipinski definition) is 6. The van der Waals surface area contributed by atoms with Crippen LogP contribution in [0, 0.1) is 23.7 Å². The predicted octanol–water partition coefficient (Wildman–Crippen LogP) is 3.63. The number of hydrogen-bond donors (Lipinski definition) is 0.